The molecule has 0 aliphatic heterocycles. The van der Waals surface area contributed by atoms with Crippen LogP contribution in [-0.4, -0.2) is 69.6 Å². The maximum absolute atomic E-state index is 12.3. The lowest BCUT2D eigenvalue weighted by Gasteiger charge is -2.47. The summed E-state index contributed by atoms with van der Waals surface area (Å²) >= 11 is 0. The predicted octanol–water partition coefficient (Wildman–Crippen LogP) is 1.12. The van der Waals surface area contributed by atoms with E-state index in [1.165, 1.54) is 0 Å². The number of benzene rings is 2. The topological polar surface area (TPSA) is 202 Å². The molecule has 0 unspecified atom stereocenters. The molecule has 12 heteroatoms. The van der Waals surface area contributed by atoms with Gasteiger partial charge in [-0.05, 0) is 74.9 Å². The van der Waals surface area contributed by atoms with Crippen molar-refractivity contribution in [2.75, 3.05) is 19.8 Å². The first-order valence-electron chi connectivity index (χ1n) is 10.5. The Morgan fingerprint density at radius 3 is 0.914 bits per heavy atom. The lowest BCUT2D eigenvalue weighted by molar-refractivity contribution is -0.137. The third kappa shape index (κ3) is 8.47. The molecule has 0 spiro atoms. The van der Waals surface area contributed by atoms with Gasteiger partial charge in [-0.1, -0.05) is 35.4 Å². The number of aliphatic hydroxyl groups is 4. The first-order valence-corrected chi connectivity index (χ1v) is 12.9. The fourth-order valence-corrected chi connectivity index (χ4v) is 4.65. The van der Waals surface area contributed by atoms with Gasteiger partial charge in [-0.3, -0.25) is 0 Å². The summed E-state index contributed by atoms with van der Waals surface area (Å²) < 4.78 is 0. The lowest BCUT2D eigenvalue weighted by atomic mass is 9.62. The normalized spacial score (nSPS) is 11.7. The lowest BCUT2D eigenvalue weighted by Crippen LogP contribution is -2.55. The fraction of sp³-hybridized carbons (Fsp3) is 0.478. The van der Waals surface area contributed by atoms with Crippen LogP contribution in [0.3, 0.4) is 0 Å². The average Bonchev–Trinajstić information content (AvgIpc) is 2.67. The van der Waals surface area contributed by atoms with Crippen LogP contribution < -0.4 is 0 Å². The van der Waals surface area contributed by atoms with Crippen LogP contribution >= 0.6 is 17.2 Å². The van der Waals surface area contributed by atoms with Gasteiger partial charge >= 0.3 is 17.2 Å². The number of aliphatic hydroxyl groups excluding tert-OH is 3. The molecule has 0 saturated carbocycles. The number of rotatable bonds is 6. The molecule has 35 heavy (non-hydrogen) atoms. The van der Waals surface area contributed by atoms with Crippen molar-refractivity contribution >= 4 is 17.2 Å². The third-order valence-corrected chi connectivity index (χ3v) is 5.75. The van der Waals surface area contributed by atoms with Gasteiger partial charge in [0.15, 0.2) is 0 Å². The Labute approximate surface area is 208 Å². The van der Waals surface area contributed by atoms with E-state index in [1.54, 1.807) is 0 Å². The number of hydrogen-bond donors (Lipinski definition) is 10. The summed E-state index contributed by atoms with van der Waals surface area (Å²) in [6, 6.07) is 7.90. The molecule has 2 aromatic rings. The second-order valence-corrected chi connectivity index (χ2v) is 9.62. The summed E-state index contributed by atoms with van der Waals surface area (Å²) in [5.74, 6) is 0. The van der Waals surface area contributed by atoms with Gasteiger partial charge in [-0.2, -0.15) is 0 Å². The molecular formula is C23H38O10P2. The van der Waals surface area contributed by atoms with Crippen molar-refractivity contribution in [3.63, 3.8) is 0 Å². The van der Waals surface area contributed by atoms with E-state index in [4.69, 9.17) is 29.4 Å². The van der Waals surface area contributed by atoms with Crippen molar-refractivity contribution in [2.24, 2.45) is 5.41 Å². The van der Waals surface area contributed by atoms with E-state index in [2.05, 4.69) is 0 Å². The summed E-state index contributed by atoms with van der Waals surface area (Å²) in [7, 11) is -5.24. The van der Waals surface area contributed by atoms with Crippen LogP contribution in [0.1, 0.15) is 44.5 Å². The molecule has 0 heterocycles. The first-order chi connectivity index (χ1) is 16.0. The smallest absolute Gasteiger partial charge is 0.324 e. The predicted molar refractivity (Wildman–Crippen MR) is 135 cm³/mol. The average molecular weight is 536 g/mol. The third-order valence-electron chi connectivity index (χ3n) is 5.75. The molecule has 0 aliphatic rings. The van der Waals surface area contributed by atoms with E-state index in [0.717, 1.165) is 33.4 Å². The van der Waals surface area contributed by atoms with E-state index >= 15 is 0 Å². The Morgan fingerprint density at radius 2 is 0.743 bits per heavy atom. The fourth-order valence-electron chi connectivity index (χ4n) is 4.65. The van der Waals surface area contributed by atoms with Crippen molar-refractivity contribution in [1.82, 2.24) is 0 Å². The van der Waals surface area contributed by atoms with E-state index in [-0.39, 0.29) is 0 Å². The molecule has 0 fully saturated rings. The second-order valence-electron chi connectivity index (χ2n) is 8.55. The largest absolute Gasteiger partial charge is 0.395 e. The zero-order valence-electron chi connectivity index (χ0n) is 20.8. The quantitative estimate of drug-likeness (QED) is 0.238. The molecule has 0 aromatic heterocycles. The molecule has 0 atom stereocenters. The van der Waals surface area contributed by atoms with Gasteiger partial charge in [0, 0.05) is 0 Å². The molecule has 10 nitrogen and oxygen atoms in total. The van der Waals surface area contributed by atoms with Gasteiger partial charge in [0.1, 0.15) is 5.60 Å². The molecule has 0 bridgehead atoms. The van der Waals surface area contributed by atoms with Crippen molar-refractivity contribution in [1.29, 1.82) is 0 Å². The van der Waals surface area contributed by atoms with Crippen LogP contribution in [-0.2, 0) is 5.60 Å². The Balaban J connectivity index is 0.00000126. The highest BCUT2D eigenvalue weighted by Crippen LogP contribution is 2.49. The Hall–Kier alpha value is -1.10. The molecule has 2 aromatic carbocycles. The molecule has 0 amide bonds. The van der Waals surface area contributed by atoms with Gasteiger partial charge < -0.3 is 49.8 Å². The minimum absolute atomic E-state index is 0.560. The highest BCUT2D eigenvalue weighted by Gasteiger charge is 2.54. The van der Waals surface area contributed by atoms with Gasteiger partial charge in [-0.25, -0.2) is 0 Å². The summed E-state index contributed by atoms with van der Waals surface area (Å²) in [6.45, 7) is 9.95. The first kappa shape index (κ1) is 33.9. The van der Waals surface area contributed by atoms with Crippen LogP contribution in [0.25, 0.3) is 0 Å². The van der Waals surface area contributed by atoms with Crippen molar-refractivity contribution < 1.29 is 49.8 Å². The number of hydrogen-bond acceptors (Lipinski definition) is 10. The number of aryl methyl sites for hydroxylation is 6. The summed E-state index contributed by atoms with van der Waals surface area (Å²) in [6.07, 6.45) is 0. The highest BCUT2D eigenvalue weighted by atomic mass is 31.2. The van der Waals surface area contributed by atoms with Crippen molar-refractivity contribution in [3.05, 3.63) is 68.8 Å². The summed E-state index contributed by atoms with van der Waals surface area (Å²) in [5.41, 5.74) is 3.51. The van der Waals surface area contributed by atoms with Crippen LogP contribution in [0.4, 0.5) is 0 Å². The summed E-state index contributed by atoms with van der Waals surface area (Å²) in [4.78, 5) is 43.4. The summed E-state index contributed by atoms with van der Waals surface area (Å²) in [5, 5.41) is 43.0. The van der Waals surface area contributed by atoms with Gasteiger partial charge in [-0.15, -0.1) is 0 Å². The van der Waals surface area contributed by atoms with E-state index in [0.29, 0.717) is 11.1 Å². The van der Waals surface area contributed by atoms with Crippen LogP contribution in [0, 0.1) is 47.0 Å². The minimum Gasteiger partial charge on any atom is -0.395 e. The molecule has 0 radical (unpaired) electrons. The Bertz CT molecular complexity index is 823. The molecule has 0 saturated heterocycles. The zero-order chi connectivity index (χ0) is 27.7. The van der Waals surface area contributed by atoms with Crippen LogP contribution in [0.2, 0.25) is 0 Å². The minimum atomic E-state index is -2.62. The van der Waals surface area contributed by atoms with Crippen molar-refractivity contribution in [3.8, 4) is 0 Å². The zero-order valence-corrected chi connectivity index (χ0v) is 22.6. The van der Waals surface area contributed by atoms with Crippen molar-refractivity contribution in [2.45, 2.75) is 47.1 Å². The van der Waals surface area contributed by atoms with Gasteiger partial charge in [0.05, 0.1) is 25.2 Å². The maximum Gasteiger partial charge on any atom is 0.324 e. The SMILES string of the molecule is Cc1cc(C)c(C(O)(c2c(C)cc(C)cc2C)C(CO)(CO)CO)c(C)c1.OP(O)O.OP(O)O. The Kier molecular flexibility index (Phi) is 14.1. The second kappa shape index (κ2) is 14.6. The molecular weight excluding hydrogens is 498 g/mol. The van der Waals surface area contributed by atoms with Crippen LogP contribution in [0.5, 0.6) is 0 Å². The van der Waals surface area contributed by atoms with Crippen LogP contribution in [0.15, 0.2) is 24.3 Å². The molecule has 10 N–H and O–H groups in total. The van der Waals surface area contributed by atoms with Gasteiger partial charge in [0.2, 0.25) is 0 Å². The van der Waals surface area contributed by atoms with E-state index in [1.807, 2.05) is 65.8 Å². The molecule has 2 rings (SSSR count). The molecule has 200 valence electrons. The van der Waals surface area contributed by atoms with E-state index < -0.39 is 48.0 Å². The molecule has 0 aliphatic carbocycles. The standard InChI is InChI=1S/C23H32O4.2H3O3P/c1-14-7-16(3)20(17(4)8-14)23(27,22(11-24,12-25)13-26)21-18(5)9-15(2)10-19(21)6;2*1-4(2)3/h7-10,24-27H,11-13H2,1-6H3;2*1-3H. The highest BCUT2D eigenvalue weighted by molar-refractivity contribution is 7.38. The van der Waals surface area contributed by atoms with Gasteiger partial charge in [0.25, 0.3) is 0 Å². The maximum atomic E-state index is 12.3. The monoisotopic (exact) mass is 536 g/mol. The van der Waals surface area contributed by atoms with E-state index in [9.17, 15) is 20.4 Å². The Morgan fingerprint density at radius 1 is 0.543 bits per heavy atom.